The molecule has 0 saturated carbocycles. The second-order valence-electron chi connectivity index (χ2n) is 7.55. The van der Waals surface area contributed by atoms with Crippen molar-refractivity contribution < 1.29 is 43.9 Å². The van der Waals surface area contributed by atoms with E-state index in [0.29, 0.717) is 12.1 Å². The Labute approximate surface area is 167 Å². The van der Waals surface area contributed by atoms with Crippen molar-refractivity contribution in [3.05, 3.63) is 70.8 Å². The van der Waals surface area contributed by atoms with Gasteiger partial charge < -0.3 is 4.43 Å². The summed E-state index contributed by atoms with van der Waals surface area (Å²) in [4.78, 5) is 0. The molecule has 30 heavy (non-hydrogen) atoms. The Balaban J connectivity index is 2.93. The molecule has 0 atom stereocenters. The Bertz CT molecular complexity index is 835. The second-order valence-corrected chi connectivity index (χ2v) is 12.0. The Hall–Kier alpha value is -2.01. The van der Waals surface area contributed by atoms with Crippen molar-refractivity contribution in [2.24, 2.45) is 0 Å². The highest BCUT2D eigenvalue weighted by Crippen LogP contribution is 2.50. The third kappa shape index (κ3) is 5.00. The van der Waals surface area contributed by atoms with Crippen LogP contribution in [-0.2, 0) is 22.4 Å². The van der Waals surface area contributed by atoms with Crippen molar-refractivity contribution in [3.8, 4) is 0 Å². The second kappa shape index (κ2) is 7.59. The molecule has 0 aromatic heterocycles. The standard InChI is InChI=1S/C19H17F9OSi/c1-30(2,3)29-16(19(26,27)28,12-6-4-8-14(10-12)17(20,21)22)13-7-5-9-15(11-13)18(23,24)25/h4-11H,1-3H3. The first kappa shape index (κ1) is 24.3. The molecule has 0 aliphatic carbocycles. The Morgan fingerprint density at radius 3 is 1.20 bits per heavy atom. The van der Waals surface area contributed by atoms with Gasteiger partial charge in [-0.2, -0.15) is 39.5 Å². The van der Waals surface area contributed by atoms with Crippen molar-refractivity contribution in [1.29, 1.82) is 0 Å². The predicted octanol–water partition coefficient (Wildman–Crippen LogP) is 7.38. The fraction of sp³-hybridized carbons (Fsp3) is 0.368. The summed E-state index contributed by atoms with van der Waals surface area (Å²) in [6.45, 7) is 4.07. The van der Waals surface area contributed by atoms with E-state index in [0.717, 1.165) is 24.3 Å². The van der Waals surface area contributed by atoms with E-state index in [-0.39, 0.29) is 12.1 Å². The van der Waals surface area contributed by atoms with Gasteiger partial charge in [-0.3, -0.25) is 0 Å². The summed E-state index contributed by atoms with van der Waals surface area (Å²) in [6.07, 6.45) is -15.3. The smallest absolute Gasteiger partial charge is 0.397 e. The summed E-state index contributed by atoms with van der Waals surface area (Å²) in [6, 6.07) is 4.73. The van der Waals surface area contributed by atoms with E-state index in [2.05, 4.69) is 0 Å². The zero-order valence-corrected chi connectivity index (χ0v) is 16.9. The Kier molecular flexibility index (Phi) is 6.14. The lowest BCUT2D eigenvalue weighted by Gasteiger charge is -2.41. The van der Waals surface area contributed by atoms with Gasteiger partial charge in [-0.15, -0.1) is 0 Å². The molecule has 0 aliphatic heterocycles. The summed E-state index contributed by atoms with van der Waals surface area (Å²) in [5.74, 6) is 0. The van der Waals surface area contributed by atoms with Crippen LogP contribution < -0.4 is 0 Å². The highest BCUT2D eigenvalue weighted by Gasteiger charge is 2.60. The van der Waals surface area contributed by atoms with Gasteiger partial charge in [0.15, 0.2) is 8.32 Å². The number of alkyl halides is 9. The molecule has 0 fully saturated rings. The zero-order valence-electron chi connectivity index (χ0n) is 15.9. The largest absolute Gasteiger partial charge is 0.425 e. The summed E-state index contributed by atoms with van der Waals surface area (Å²) < 4.78 is 128. The Morgan fingerprint density at radius 2 is 0.933 bits per heavy atom. The van der Waals surface area contributed by atoms with Crippen LogP contribution in [0.1, 0.15) is 22.3 Å². The van der Waals surface area contributed by atoms with Gasteiger partial charge in [0, 0.05) is 0 Å². The van der Waals surface area contributed by atoms with E-state index in [9.17, 15) is 39.5 Å². The first-order valence-electron chi connectivity index (χ1n) is 8.50. The van der Waals surface area contributed by atoms with Crippen molar-refractivity contribution in [1.82, 2.24) is 0 Å². The molecule has 2 aromatic rings. The van der Waals surface area contributed by atoms with Crippen LogP contribution in [0.4, 0.5) is 39.5 Å². The number of hydrogen-bond donors (Lipinski definition) is 0. The molecule has 0 bridgehead atoms. The Morgan fingerprint density at radius 1 is 0.600 bits per heavy atom. The summed E-state index contributed by atoms with van der Waals surface area (Å²) >= 11 is 0. The third-order valence-corrected chi connectivity index (χ3v) is 4.97. The molecule has 0 spiro atoms. The van der Waals surface area contributed by atoms with Crippen LogP contribution in [0.2, 0.25) is 19.6 Å². The first-order chi connectivity index (χ1) is 13.4. The van der Waals surface area contributed by atoms with Gasteiger partial charge in [0.2, 0.25) is 5.60 Å². The number of halogens is 9. The monoisotopic (exact) mass is 460 g/mol. The quantitative estimate of drug-likeness (QED) is 0.342. The lowest BCUT2D eigenvalue weighted by atomic mass is 9.84. The van der Waals surface area contributed by atoms with Crippen molar-refractivity contribution in [2.75, 3.05) is 0 Å². The predicted molar refractivity (Wildman–Crippen MR) is 94.2 cm³/mol. The average molecular weight is 460 g/mol. The minimum Gasteiger partial charge on any atom is -0.397 e. The molecule has 0 heterocycles. The molecule has 0 aliphatic rings. The molecular formula is C19H17F9OSi. The van der Waals surface area contributed by atoms with E-state index >= 15 is 0 Å². The maximum Gasteiger partial charge on any atom is 0.425 e. The molecule has 11 heteroatoms. The van der Waals surface area contributed by atoms with Gasteiger partial charge in [0.1, 0.15) is 0 Å². The fourth-order valence-electron chi connectivity index (χ4n) is 2.96. The lowest BCUT2D eigenvalue weighted by molar-refractivity contribution is -0.241. The van der Waals surface area contributed by atoms with Gasteiger partial charge in [0.05, 0.1) is 11.1 Å². The molecular weight excluding hydrogens is 443 g/mol. The topological polar surface area (TPSA) is 9.23 Å². The van der Waals surface area contributed by atoms with Crippen LogP contribution in [0.15, 0.2) is 48.5 Å². The van der Waals surface area contributed by atoms with Crippen LogP contribution in [0, 0.1) is 0 Å². The van der Waals surface area contributed by atoms with E-state index in [1.807, 2.05) is 0 Å². The summed E-state index contributed by atoms with van der Waals surface area (Å²) in [5.41, 5.74) is -8.17. The van der Waals surface area contributed by atoms with Crippen LogP contribution >= 0.6 is 0 Å². The molecule has 0 saturated heterocycles. The normalized spacial score (nSPS) is 14.1. The zero-order chi connectivity index (χ0) is 23.2. The maximum absolute atomic E-state index is 14.5. The first-order valence-corrected chi connectivity index (χ1v) is 11.9. The molecule has 2 aromatic carbocycles. The average Bonchev–Trinajstić information content (AvgIpc) is 2.56. The minimum absolute atomic E-state index is 0.258. The summed E-state index contributed by atoms with van der Waals surface area (Å²) in [5, 5.41) is 0. The van der Waals surface area contributed by atoms with Crippen LogP contribution in [0.5, 0.6) is 0 Å². The van der Waals surface area contributed by atoms with Gasteiger partial charge in [-0.1, -0.05) is 24.3 Å². The molecule has 0 amide bonds. The van der Waals surface area contributed by atoms with Gasteiger partial charge in [0.25, 0.3) is 0 Å². The van der Waals surface area contributed by atoms with Gasteiger partial charge in [-0.05, 0) is 55.0 Å². The van der Waals surface area contributed by atoms with E-state index in [1.165, 1.54) is 19.6 Å². The molecule has 1 nitrogen and oxygen atoms in total. The number of rotatable bonds is 4. The van der Waals surface area contributed by atoms with Crippen molar-refractivity contribution in [2.45, 2.75) is 43.8 Å². The van der Waals surface area contributed by atoms with Gasteiger partial charge >= 0.3 is 18.5 Å². The molecule has 0 unspecified atom stereocenters. The van der Waals surface area contributed by atoms with E-state index in [1.54, 1.807) is 0 Å². The van der Waals surface area contributed by atoms with E-state index < -0.39 is 54.7 Å². The highest BCUT2D eigenvalue weighted by molar-refractivity contribution is 6.69. The van der Waals surface area contributed by atoms with Crippen molar-refractivity contribution in [3.63, 3.8) is 0 Å². The maximum atomic E-state index is 14.5. The van der Waals surface area contributed by atoms with Crippen LogP contribution in [-0.4, -0.2) is 14.5 Å². The minimum atomic E-state index is -5.36. The van der Waals surface area contributed by atoms with Crippen LogP contribution in [0.3, 0.4) is 0 Å². The molecule has 166 valence electrons. The third-order valence-electron chi connectivity index (χ3n) is 4.05. The van der Waals surface area contributed by atoms with Gasteiger partial charge in [-0.25, -0.2) is 0 Å². The fourth-order valence-corrected chi connectivity index (χ4v) is 4.23. The molecule has 0 N–H and O–H groups in total. The number of hydrogen-bond acceptors (Lipinski definition) is 1. The number of benzene rings is 2. The van der Waals surface area contributed by atoms with Crippen molar-refractivity contribution >= 4 is 8.32 Å². The SMILES string of the molecule is C[Si](C)(C)OC(c1cccc(C(F)(F)F)c1)(c1cccc(C(F)(F)F)c1)C(F)(F)F. The summed E-state index contributed by atoms with van der Waals surface area (Å²) in [7, 11) is -3.18. The highest BCUT2D eigenvalue weighted by atomic mass is 28.4. The molecule has 0 radical (unpaired) electrons. The van der Waals surface area contributed by atoms with E-state index in [4.69, 9.17) is 4.43 Å². The molecule has 2 rings (SSSR count). The lowest BCUT2D eigenvalue weighted by Crippen LogP contribution is -2.51. The van der Waals surface area contributed by atoms with Crippen LogP contribution in [0.25, 0.3) is 0 Å².